The van der Waals surface area contributed by atoms with Gasteiger partial charge in [-0.15, -0.1) is 0 Å². The summed E-state index contributed by atoms with van der Waals surface area (Å²) in [5, 5.41) is 0. The minimum absolute atomic E-state index is 0.169. The molecule has 0 unspecified atom stereocenters. The Morgan fingerprint density at radius 1 is 1.16 bits per heavy atom. The largest absolute Gasteiger partial charge is 0.493 e. The van der Waals surface area contributed by atoms with Crippen LogP contribution in [0, 0.1) is 5.92 Å². The molecule has 1 aromatic carbocycles. The zero-order valence-electron chi connectivity index (χ0n) is 15.5. The Bertz CT molecular complexity index is 590. The fraction of sp³-hybridized carbons (Fsp3) is 0.500. The molecule has 0 saturated carbocycles. The average molecular weight is 348 g/mol. The second kappa shape index (κ2) is 11.3. The first-order valence-corrected chi connectivity index (χ1v) is 8.60. The van der Waals surface area contributed by atoms with Gasteiger partial charge in [0, 0.05) is 13.3 Å². The molecule has 0 aliphatic rings. The molecule has 0 aromatic heterocycles. The number of esters is 2. The van der Waals surface area contributed by atoms with Crippen LogP contribution in [0.4, 0.5) is 0 Å². The molecular formula is C20H28O5. The summed E-state index contributed by atoms with van der Waals surface area (Å²) in [6, 6.07) is 5.07. The topological polar surface area (TPSA) is 61.8 Å². The van der Waals surface area contributed by atoms with E-state index in [4.69, 9.17) is 14.2 Å². The fourth-order valence-corrected chi connectivity index (χ4v) is 2.18. The van der Waals surface area contributed by atoms with E-state index < -0.39 is 5.97 Å². The number of ether oxygens (including phenoxy) is 3. The minimum atomic E-state index is -0.416. The van der Waals surface area contributed by atoms with Gasteiger partial charge in [-0.2, -0.15) is 0 Å². The molecule has 0 radical (unpaired) electrons. The number of methoxy groups -OCH3 is 1. The quantitative estimate of drug-likeness (QED) is 0.271. The molecule has 1 aromatic rings. The lowest BCUT2D eigenvalue weighted by atomic mass is 10.1. The van der Waals surface area contributed by atoms with E-state index in [2.05, 4.69) is 26.0 Å². The monoisotopic (exact) mass is 348 g/mol. The molecule has 0 aliphatic carbocycles. The van der Waals surface area contributed by atoms with Gasteiger partial charge >= 0.3 is 11.9 Å². The van der Waals surface area contributed by atoms with E-state index >= 15 is 0 Å². The van der Waals surface area contributed by atoms with E-state index in [1.54, 1.807) is 18.2 Å². The summed E-state index contributed by atoms with van der Waals surface area (Å²) < 4.78 is 15.5. The van der Waals surface area contributed by atoms with Crippen LogP contribution >= 0.6 is 0 Å². The van der Waals surface area contributed by atoms with Crippen LogP contribution in [0.15, 0.2) is 30.4 Å². The third-order valence-corrected chi connectivity index (χ3v) is 3.40. The van der Waals surface area contributed by atoms with Crippen molar-refractivity contribution < 1.29 is 23.8 Å². The van der Waals surface area contributed by atoms with E-state index in [9.17, 15) is 9.59 Å². The predicted molar refractivity (Wildman–Crippen MR) is 96.5 cm³/mol. The number of hydrogen-bond acceptors (Lipinski definition) is 5. The lowest BCUT2D eigenvalue weighted by Gasteiger charge is -2.10. The molecule has 0 atom stereocenters. The van der Waals surface area contributed by atoms with Crippen LogP contribution in [-0.2, 0) is 20.9 Å². The average Bonchev–Trinajstić information content (AvgIpc) is 2.56. The van der Waals surface area contributed by atoms with Crippen LogP contribution < -0.4 is 9.47 Å². The second-order valence-electron chi connectivity index (χ2n) is 6.16. The highest BCUT2D eigenvalue weighted by molar-refractivity contribution is 5.70. The molecule has 1 rings (SSSR count). The van der Waals surface area contributed by atoms with E-state index in [0.717, 1.165) is 24.8 Å². The molecule has 0 saturated heterocycles. The second-order valence-corrected chi connectivity index (χ2v) is 6.16. The normalized spacial score (nSPS) is 10.9. The SMILES string of the molecule is COc1cc(COC(=O)CCCCC=CC(C)C)ccc1OC(C)=O. The van der Waals surface area contributed by atoms with Crippen LogP contribution in [0.1, 0.15) is 52.0 Å². The van der Waals surface area contributed by atoms with Gasteiger partial charge < -0.3 is 14.2 Å². The zero-order chi connectivity index (χ0) is 18.7. The molecule has 0 heterocycles. The number of hydrogen-bond donors (Lipinski definition) is 0. The van der Waals surface area contributed by atoms with Gasteiger partial charge in [-0.1, -0.05) is 32.1 Å². The molecule has 0 bridgehead atoms. The van der Waals surface area contributed by atoms with Crippen LogP contribution in [0.3, 0.4) is 0 Å². The van der Waals surface area contributed by atoms with Crippen molar-refractivity contribution in [3.05, 3.63) is 35.9 Å². The van der Waals surface area contributed by atoms with Crippen molar-refractivity contribution in [2.75, 3.05) is 7.11 Å². The summed E-state index contributed by atoms with van der Waals surface area (Å²) in [4.78, 5) is 22.8. The number of rotatable bonds is 10. The molecular weight excluding hydrogens is 320 g/mol. The minimum Gasteiger partial charge on any atom is -0.493 e. The molecule has 0 fully saturated rings. The van der Waals surface area contributed by atoms with Gasteiger partial charge in [0.15, 0.2) is 11.5 Å². The van der Waals surface area contributed by atoms with Crippen molar-refractivity contribution in [1.29, 1.82) is 0 Å². The van der Waals surface area contributed by atoms with Crippen molar-refractivity contribution in [2.24, 2.45) is 5.92 Å². The molecule has 5 heteroatoms. The summed E-state index contributed by atoms with van der Waals surface area (Å²) in [5.74, 6) is 0.714. The van der Waals surface area contributed by atoms with Gasteiger partial charge in [-0.3, -0.25) is 9.59 Å². The Balaban J connectivity index is 2.37. The van der Waals surface area contributed by atoms with Gasteiger partial charge in [0.25, 0.3) is 0 Å². The maximum Gasteiger partial charge on any atom is 0.308 e. The molecule has 0 N–H and O–H groups in total. The first kappa shape index (κ1) is 20.7. The maximum atomic E-state index is 11.8. The fourth-order valence-electron chi connectivity index (χ4n) is 2.18. The number of carbonyl (C=O) groups excluding carboxylic acids is 2. The Kier molecular flexibility index (Phi) is 9.37. The van der Waals surface area contributed by atoms with Crippen LogP contribution in [-0.4, -0.2) is 19.0 Å². The summed E-state index contributed by atoms with van der Waals surface area (Å²) >= 11 is 0. The Labute approximate surface area is 150 Å². The van der Waals surface area contributed by atoms with E-state index in [0.29, 0.717) is 23.8 Å². The summed E-state index contributed by atoms with van der Waals surface area (Å²) in [5.41, 5.74) is 0.779. The lowest BCUT2D eigenvalue weighted by molar-refractivity contribution is -0.145. The molecule has 0 aliphatic heterocycles. The van der Waals surface area contributed by atoms with Gasteiger partial charge in [0.2, 0.25) is 0 Å². The molecule has 25 heavy (non-hydrogen) atoms. The number of carbonyl (C=O) groups is 2. The highest BCUT2D eigenvalue weighted by Crippen LogP contribution is 2.28. The molecule has 0 amide bonds. The third kappa shape index (κ3) is 8.94. The first-order chi connectivity index (χ1) is 11.9. The number of allylic oxidation sites excluding steroid dienone is 2. The van der Waals surface area contributed by atoms with Crippen molar-refractivity contribution in [2.45, 2.75) is 53.1 Å². The highest BCUT2D eigenvalue weighted by atomic mass is 16.6. The summed E-state index contributed by atoms with van der Waals surface area (Å²) in [7, 11) is 1.49. The van der Waals surface area contributed by atoms with Crippen molar-refractivity contribution >= 4 is 11.9 Å². The smallest absolute Gasteiger partial charge is 0.308 e. The van der Waals surface area contributed by atoms with Gasteiger partial charge in [0.05, 0.1) is 7.11 Å². The van der Waals surface area contributed by atoms with Crippen LogP contribution in [0.25, 0.3) is 0 Å². The van der Waals surface area contributed by atoms with Crippen molar-refractivity contribution in [3.63, 3.8) is 0 Å². The van der Waals surface area contributed by atoms with E-state index in [1.807, 2.05) is 0 Å². The molecule has 138 valence electrons. The summed E-state index contributed by atoms with van der Waals surface area (Å²) in [6.07, 6.45) is 7.52. The molecule has 5 nitrogen and oxygen atoms in total. The highest BCUT2D eigenvalue weighted by Gasteiger charge is 2.09. The van der Waals surface area contributed by atoms with E-state index in [1.165, 1.54) is 14.0 Å². The summed E-state index contributed by atoms with van der Waals surface area (Å²) in [6.45, 7) is 5.78. The van der Waals surface area contributed by atoms with Crippen molar-refractivity contribution in [1.82, 2.24) is 0 Å². The zero-order valence-corrected chi connectivity index (χ0v) is 15.5. The Morgan fingerprint density at radius 2 is 1.92 bits per heavy atom. The predicted octanol–water partition coefficient (Wildman–Crippen LogP) is 4.44. The maximum absolute atomic E-state index is 11.8. The van der Waals surface area contributed by atoms with Crippen LogP contribution in [0.2, 0.25) is 0 Å². The van der Waals surface area contributed by atoms with Gasteiger partial charge in [-0.25, -0.2) is 0 Å². The lowest BCUT2D eigenvalue weighted by Crippen LogP contribution is -2.06. The van der Waals surface area contributed by atoms with Gasteiger partial charge in [0.1, 0.15) is 6.61 Å². The van der Waals surface area contributed by atoms with Gasteiger partial charge in [-0.05, 0) is 42.9 Å². The first-order valence-electron chi connectivity index (χ1n) is 8.60. The standard InChI is InChI=1S/C20H28O5/c1-15(2)9-7-5-6-8-10-20(22)24-14-17-11-12-18(25-16(3)21)19(13-17)23-4/h7,9,11-13,15H,5-6,8,10,14H2,1-4H3. The third-order valence-electron chi connectivity index (χ3n) is 3.40. The van der Waals surface area contributed by atoms with Crippen LogP contribution in [0.5, 0.6) is 11.5 Å². The van der Waals surface area contributed by atoms with E-state index in [-0.39, 0.29) is 12.6 Å². The number of unbranched alkanes of at least 4 members (excludes halogenated alkanes) is 2. The number of benzene rings is 1. The Morgan fingerprint density at radius 3 is 2.56 bits per heavy atom. The molecule has 0 spiro atoms. The Hall–Kier alpha value is -2.30. The van der Waals surface area contributed by atoms with Crippen molar-refractivity contribution in [3.8, 4) is 11.5 Å².